The molecule has 64 valence electrons. The van der Waals surface area contributed by atoms with Crippen LogP contribution in [0.3, 0.4) is 0 Å². The van der Waals surface area contributed by atoms with Gasteiger partial charge in [0.25, 0.3) is 5.91 Å². The molecule has 0 unspecified atom stereocenters. The Morgan fingerprint density at radius 3 is 3.00 bits per heavy atom. The van der Waals surface area contributed by atoms with Crippen molar-refractivity contribution >= 4 is 17.2 Å². The highest BCUT2D eigenvalue weighted by Crippen LogP contribution is 2.15. The summed E-state index contributed by atoms with van der Waals surface area (Å²) in [6.45, 7) is 3.15. The van der Waals surface area contributed by atoms with Gasteiger partial charge in [-0.3, -0.25) is 9.69 Å². The van der Waals surface area contributed by atoms with Crippen LogP contribution >= 0.6 is 11.3 Å². The van der Waals surface area contributed by atoms with Crippen molar-refractivity contribution < 1.29 is 4.79 Å². The standard InChI is InChI=1S/C7H9N3OS/c8-7(11)5-4-12-6(9-5)3-10-1-2-10/h4H,1-3H2,(H2,8,11). The van der Waals surface area contributed by atoms with Gasteiger partial charge in [0.2, 0.25) is 0 Å². The van der Waals surface area contributed by atoms with Crippen molar-refractivity contribution in [2.24, 2.45) is 5.73 Å². The first-order valence-corrected chi connectivity index (χ1v) is 4.60. The van der Waals surface area contributed by atoms with Crippen LogP contribution in [0.2, 0.25) is 0 Å². The Kier molecular flexibility index (Phi) is 1.82. The lowest BCUT2D eigenvalue weighted by molar-refractivity contribution is 0.0996. The molecule has 1 aliphatic heterocycles. The summed E-state index contributed by atoms with van der Waals surface area (Å²) in [6.07, 6.45) is 0. The van der Waals surface area contributed by atoms with Gasteiger partial charge in [-0.2, -0.15) is 0 Å². The molecule has 2 N–H and O–H groups in total. The number of nitrogens with two attached hydrogens (primary N) is 1. The van der Waals surface area contributed by atoms with Crippen LogP contribution in [0.1, 0.15) is 15.5 Å². The number of carbonyl (C=O) groups excluding carboxylic acids is 1. The van der Waals surface area contributed by atoms with Gasteiger partial charge in [-0.15, -0.1) is 11.3 Å². The Labute approximate surface area is 74.0 Å². The van der Waals surface area contributed by atoms with E-state index in [9.17, 15) is 4.79 Å². The molecule has 5 heteroatoms. The molecule has 0 aliphatic carbocycles. The fourth-order valence-electron chi connectivity index (χ4n) is 0.917. The second kappa shape index (κ2) is 2.84. The van der Waals surface area contributed by atoms with Gasteiger partial charge in [0.1, 0.15) is 10.7 Å². The van der Waals surface area contributed by atoms with E-state index in [1.54, 1.807) is 5.38 Å². The average molecular weight is 183 g/mol. The Hall–Kier alpha value is -0.940. The second-order valence-electron chi connectivity index (χ2n) is 2.77. The fraction of sp³-hybridized carbons (Fsp3) is 0.429. The number of hydrogen-bond donors (Lipinski definition) is 1. The van der Waals surface area contributed by atoms with Gasteiger partial charge in [0, 0.05) is 18.5 Å². The van der Waals surface area contributed by atoms with Crippen molar-refractivity contribution in [1.29, 1.82) is 0 Å². The number of aromatic nitrogens is 1. The molecule has 1 aliphatic rings. The molecule has 1 saturated heterocycles. The summed E-state index contributed by atoms with van der Waals surface area (Å²) in [7, 11) is 0. The second-order valence-corrected chi connectivity index (χ2v) is 3.71. The molecular weight excluding hydrogens is 174 g/mol. The number of hydrogen-bond acceptors (Lipinski definition) is 4. The molecule has 0 bridgehead atoms. The number of carbonyl (C=O) groups is 1. The van der Waals surface area contributed by atoms with Crippen LogP contribution < -0.4 is 5.73 Å². The third-order valence-corrected chi connectivity index (χ3v) is 2.54. The SMILES string of the molecule is NC(=O)c1csc(CN2CC2)n1. The van der Waals surface area contributed by atoms with Crippen LogP contribution in [0.5, 0.6) is 0 Å². The summed E-state index contributed by atoms with van der Waals surface area (Å²) < 4.78 is 0. The zero-order valence-corrected chi connectivity index (χ0v) is 7.30. The summed E-state index contributed by atoms with van der Waals surface area (Å²) in [6, 6.07) is 0. The molecule has 1 amide bonds. The fourth-order valence-corrected chi connectivity index (χ4v) is 1.74. The first-order chi connectivity index (χ1) is 5.75. The maximum atomic E-state index is 10.7. The van der Waals surface area contributed by atoms with E-state index >= 15 is 0 Å². The highest BCUT2D eigenvalue weighted by atomic mass is 32.1. The van der Waals surface area contributed by atoms with Crippen LogP contribution in [-0.2, 0) is 6.54 Å². The van der Waals surface area contributed by atoms with Gasteiger partial charge >= 0.3 is 0 Å². The summed E-state index contributed by atoms with van der Waals surface area (Å²) in [5.41, 5.74) is 5.45. The topological polar surface area (TPSA) is 59.0 Å². The Balaban J connectivity index is 2.06. The predicted octanol–water partition coefficient (Wildman–Crippen LogP) is 0.0576. The number of nitrogens with zero attached hydrogens (tertiary/aromatic N) is 2. The molecule has 0 saturated carbocycles. The minimum atomic E-state index is -0.441. The number of thiazole rings is 1. The minimum Gasteiger partial charge on any atom is -0.364 e. The van der Waals surface area contributed by atoms with E-state index < -0.39 is 5.91 Å². The Bertz CT molecular complexity index is 305. The highest BCUT2D eigenvalue weighted by molar-refractivity contribution is 7.09. The Morgan fingerprint density at radius 2 is 2.50 bits per heavy atom. The lowest BCUT2D eigenvalue weighted by Gasteiger charge is -1.92. The van der Waals surface area contributed by atoms with Crippen molar-refractivity contribution in [2.45, 2.75) is 6.54 Å². The zero-order valence-electron chi connectivity index (χ0n) is 6.49. The summed E-state index contributed by atoms with van der Waals surface area (Å²) in [5.74, 6) is -0.441. The number of amides is 1. The predicted molar refractivity (Wildman–Crippen MR) is 45.9 cm³/mol. The van der Waals surface area contributed by atoms with Gasteiger partial charge in [-0.05, 0) is 0 Å². The monoisotopic (exact) mass is 183 g/mol. The first-order valence-electron chi connectivity index (χ1n) is 3.72. The van der Waals surface area contributed by atoms with Crippen molar-refractivity contribution in [3.8, 4) is 0 Å². The van der Waals surface area contributed by atoms with Crippen LogP contribution in [-0.4, -0.2) is 28.9 Å². The molecule has 1 fully saturated rings. The molecule has 2 rings (SSSR count). The van der Waals surface area contributed by atoms with E-state index in [-0.39, 0.29) is 0 Å². The van der Waals surface area contributed by atoms with E-state index in [1.165, 1.54) is 11.3 Å². The van der Waals surface area contributed by atoms with Crippen molar-refractivity contribution in [3.63, 3.8) is 0 Å². The molecule has 0 atom stereocenters. The van der Waals surface area contributed by atoms with Gasteiger partial charge in [0.15, 0.2) is 0 Å². The molecule has 1 aromatic rings. The van der Waals surface area contributed by atoms with Crippen molar-refractivity contribution in [1.82, 2.24) is 9.88 Å². The van der Waals surface area contributed by atoms with Crippen LogP contribution in [0.25, 0.3) is 0 Å². The first kappa shape index (κ1) is 7.70. The highest BCUT2D eigenvalue weighted by Gasteiger charge is 2.19. The molecule has 0 radical (unpaired) electrons. The van der Waals surface area contributed by atoms with Gasteiger partial charge in [0.05, 0.1) is 6.54 Å². The maximum Gasteiger partial charge on any atom is 0.268 e. The van der Waals surface area contributed by atoms with E-state index in [1.807, 2.05) is 0 Å². The number of rotatable bonds is 3. The van der Waals surface area contributed by atoms with Gasteiger partial charge in [-0.25, -0.2) is 4.98 Å². The third kappa shape index (κ3) is 1.62. The van der Waals surface area contributed by atoms with E-state index in [4.69, 9.17) is 5.73 Å². The quantitative estimate of drug-likeness (QED) is 0.674. The van der Waals surface area contributed by atoms with Crippen LogP contribution in [0.15, 0.2) is 5.38 Å². The van der Waals surface area contributed by atoms with Crippen LogP contribution in [0.4, 0.5) is 0 Å². The van der Waals surface area contributed by atoms with Gasteiger partial charge < -0.3 is 5.73 Å². The summed E-state index contributed by atoms with van der Waals surface area (Å²) >= 11 is 1.49. The molecular formula is C7H9N3OS. The normalized spacial score (nSPS) is 16.3. The summed E-state index contributed by atoms with van der Waals surface area (Å²) in [5, 5.41) is 2.68. The third-order valence-electron chi connectivity index (χ3n) is 1.70. The maximum absolute atomic E-state index is 10.7. The zero-order chi connectivity index (χ0) is 8.55. The van der Waals surface area contributed by atoms with Crippen molar-refractivity contribution in [3.05, 3.63) is 16.1 Å². The van der Waals surface area contributed by atoms with Crippen molar-refractivity contribution in [2.75, 3.05) is 13.1 Å². The van der Waals surface area contributed by atoms with Crippen LogP contribution in [0, 0.1) is 0 Å². The lowest BCUT2D eigenvalue weighted by atomic mass is 10.5. The van der Waals surface area contributed by atoms with Gasteiger partial charge in [-0.1, -0.05) is 0 Å². The molecule has 0 spiro atoms. The molecule has 12 heavy (non-hydrogen) atoms. The molecule has 2 heterocycles. The minimum absolute atomic E-state index is 0.386. The lowest BCUT2D eigenvalue weighted by Crippen LogP contribution is -2.11. The number of primary amides is 1. The van der Waals surface area contributed by atoms with E-state index in [0.29, 0.717) is 5.69 Å². The van der Waals surface area contributed by atoms with E-state index in [0.717, 1.165) is 24.6 Å². The molecule has 1 aromatic heterocycles. The average Bonchev–Trinajstić information content (AvgIpc) is 2.66. The smallest absolute Gasteiger partial charge is 0.268 e. The molecule has 0 aromatic carbocycles. The largest absolute Gasteiger partial charge is 0.364 e. The molecule has 4 nitrogen and oxygen atoms in total. The summed E-state index contributed by atoms with van der Waals surface area (Å²) in [4.78, 5) is 17.0. The Morgan fingerprint density at radius 1 is 1.75 bits per heavy atom. The van der Waals surface area contributed by atoms with E-state index in [2.05, 4.69) is 9.88 Å².